The SMILES string of the molecule is Cn1cnnc1CNc1ccc([N+](=O)[O-])c2ccncc12. The molecule has 0 saturated heterocycles. The summed E-state index contributed by atoms with van der Waals surface area (Å²) in [5.74, 6) is 0.769. The van der Waals surface area contributed by atoms with Crippen LogP contribution < -0.4 is 5.32 Å². The number of fused-ring (bicyclic) bond motifs is 1. The number of nitrogens with one attached hydrogen (secondary N) is 1. The van der Waals surface area contributed by atoms with Crippen LogP contribution in [0, 0.1) is 10.1 Å². The van der Waals surface area contributed by atoms with E-state index in [4.69, 9.17) is 0 Å². The van der Waals surface area contributed by atoms with Crippen molar-refractivity contribution >= 4 is 22.1 Å². The number of nitro groups is 1. The van der Waals surface area contributed by atoms with Gasteiger partial charge < -0.3 is 9.88 Å². The first-order chi connectivity index (χ1) is 10.2. The number of benzene rings is 1. The quantitative estimate of drug-likeness (QED) is 0.580. The standard InChI is InChI=1S/C13H12N6O2/c1-18-8-16-17-13(18)7-15-11-2-3-12(19(20)21)9-4-5-14-6-10(9)11/h2-6,8,15H,7H2,1H3. The molecule has 8 nitrogen and oxygen atoms in total. The molecule has 0 aliphatic carbocycles. The molecule has 0 bridgehead atoms. The van der Waals surface area contributed by atoms with Gasteiger partial charge in [0, 0.05) is 36.6 Å². The highest BCUT2D eigenvalue weighted by molar-refractivity contribution is 5.99. The molecule has 0 atom stereocenters. The lowest BCUT2D eigenvalue weighted by atomic mass is 10.1. The number of pyridine rings is 1. The van der Waals surface area contributed by atoms with Crippen LogP contribution in [0.25, 0.3) is 10.8 Å². The Hall–Kier alpha value is -3.03. The lowest BCUT2D eigenvalue weighted by Crippen LogP contribution is -2.06. The van der Waals surface area contributed by atoms with Crippen LogP contribution in [0.1, 0.15) is 5.82 Å². The van der Waals surface area contributed by atoms with Crippen molar-refractivity contribution in [2.45, 2.75) is 6.54 Å². The van der Waals surface area contributed by atoms with Crippen molar-refractivity contribution in [3.63, 3.8) is 0 Å². The lowest BCUT2D eigenvalue weighted by Gasteiger charge is -2.09. The lowest BCUT2D eigenvalue weighted by molar-refractivity contribution is -0.383. The van der Waals surface area contributed by atoms with Gasteiger partial charge >= 0.3 is 0 Å². The summed E-state index contributed by atoms with van der Waals surface area (Å²) in [4.78, 5) is 14.7. The molecule has 0 radical (unpaired) electrons. The van der Waals surface area contributed by atoms with Crippen LogP contribution in [0.4, 0.5) is 11.4 Å². The van der Waals surface area contributed by atoms with Crippen LogP contribution in [0.3, 0.4) is 0 Å². The van der Waals surface area contributed by atoms with E-state index in [2.05, 4.69) is 20.5 Å². The van der Waals surface area contributed by atoms with Gasteiger partial charge in [-0.2, -0.15) is 0 Å². The molecule has 0 amide bonds. The van der Waals surface area contributed by atoms with E-state index in [1.807, 2.05) is 7.05 Å². The van der Waals surface area contributed by atoms with E-state index in [9.17, 15) is 10.1 Å². The third-order valence-electron chi connectivity index (χ3n) is 3.23. The van der Waals surface area contributed by atoms with E-state index in [0.717, 1.165) is 11.5 Å². The highest BCUT2D eigenvalue weighted by Gasteiger charge is 2.14. The molecular weight excluding hydrogens is 272 g/mol. The molecule has 0 aliphatic heterocycles. The van der Waals surface area contributed by atoms with Gasteiger partial charge in [0.05, 0.1) is 16.9 Å². The third kappa shape index (κ3) is 2.38. The Morgan fingerprint density at radius 2 is 2.19 bits per heavy atom. The Morgan fingerprint density at radius 3 is 2.90 bits per heavy atom. The van der Waals surface area contributed by atoms with Crippen molar-refractivity contribution in [1.82, 2.24) is 19.7 Å². The summed E-state index contributed by atoms with van der Waals surface area (Å²) in [5.41, 5.74) is 0.836. The summed E-state index contributed by atoms with van der Waals surface area (Å²) in [6.45, 7) is 0.471. The molecule has 1 N–H and O–H groups in total. The fraction of sp³-hybridized carbons (Fsp3) is 0.154. The zero-order valence-electron chi connectivity index (χ0n) is 11.2. The van der Waals surface area contributed by atoms with Gasteiger partial charge in [0.1, 0.15) is 6.33 Å². The second kappa shape index (κ2) is 5.16. The second-order valence-electron chi connectivity index (χ2n) is 4.52. The van der Waals surface area contributed by atoms with E-state index >= 15 is 0 Å². The maximum absolute atomic E-state index is 11.1. The number of rotatable bonds is 4. The summed E-state index contributed by atoms with van der Waals surface area (Å²) in [5, 5.41) is 23.3. The van der Waals surface area contributed by atoms with E-state index in [-0.39, 0.29) is 5.69 Å². The summed E-state index contributed by atoms with van der Waals surface area (Å²) >= 11 is 0. The molecule has 21 heavy (non-hydrogen) atoms. The molecule has 2 heterocycles. The van der Waals surface area contributed by atoms with Crippen molar-refractivity contribution in [2.75, 3.05) is 5.32 Å². The van der Waals surface area contributed by atoms with Gasteiger partial charge in [0.25, 0.3) is 5.69 Å². The Kier molecular flexibility index (Phi) is 3.19. The molecule has 1 aromatic carbocycles. The van der Waals surface area contributed by atoms with Gasteiger partial charge in [-0.15, -0.1) is 10.2 Å². The first-order valence-electron chi connectivity index (χ1n) is 6.24. The van der Waals surface area contributed by atoms with Crippen molar-refractivity contribution in [1.29, 1.82) is 0 Å². The van der Waals surface area contributed by atoms with E-state index in [1.54, 1.807) is 35.4 Å². The minimum Gasteiger partial charge on any atom is -0.377 e. The zero-order chi connectivity index (χ0) is 14.8. The Labute approximate surface area is 119 Å². The number of aryl methyl sites for hydroxylation is 1. The Bertz CT molecular complexity index is 813. The normalized spacial score (nSPS) is 10.7. The first kappa shape index (κ1) is 13.0. The van der Waals surface area contributed by atoms with Gasteiger partial charge in [-0.05, 0) is 12.1 Å². The van der Waals surface area contributed by atoms with Crippen LogP contribution >= 0.6 is 0 Å². The highest BCUT2D eigenvalue weighted by atomic mass is 16.6. The number of nitrogens with zero attached hydrogens (tertiary/aromatic N) is 5. The maximum Gasteiger partial charge on any atom is 0.277 e. The van der Waals surface area contributed by atoms with Crippen molar-refractivity contribution in [3.8, 4) is 0 Å². The highest BCUT2D eigenvalue weighted by Crippen LogP contribution is 2.30. The van der Waals surface area contributed by atoms with Crippen molar-refractivity contribution in [3.05, 3.63) is 52.9 Å². The predicted molar refractivity (Wildman–Crippen MR) is 76.7 cm³/mol. The smallest absolute Gasteiger partial charge is 0.277 e. The average Bonchev–Trinajstić information content (AvgIpc) is 2.89. The zero-order valence-corrected chi connectivity index (χ0v) is 11.2. The number of aromatic nitrogens is 4. The van der Waals surface area contributed by atoms with Crippen LogP contribution in [-0.4, -0.2) is 24.7 Å². The average molecular weight is 284 g/mol. The molecule has 3 aromatic rings. The number of hydrogen-bond acceptors (Lipinski definition) is 6. The molecule has 0 saturated carbocycles. The van der Waals surface area contributed by atoms with Crippen molar-refractivity contribution in [2.24, 2.45) is 7.05 Å². The first-order valence-corrected chi connectivity index (χ1v) is 6.24. The minimum absolute atomic E-state index is 0.0663. The molecule has 0 aliphatic rings. The number of anilines is 1. The minimum atomic E-state index is -0.394. The monoisotopic (exact) mass is 284 g/mol. The van der Waals surface area contributed by atoms with Crippen molar-refractivity contribution < 1.29 is 4.92 Å². The molecule has 106 valence electrons. The van der Waals surface area contributed by atoms with Gasteiger partial charge in [0.2, 0.25) is 0 Å². The summed E-state index contributed by atoms with van der Waals surface area (Å²) in [6, 6.07) is 4.81. The predicted octanol–water partition coefficient (Wildman–Crippen LogP) is 1.88. The van der Waals surface area contributed by atoms with Crippen LogP contribution in [0.5, 0.6) is 0 Å². The topological polar surface area (TPSA) is 98.8 Å². The van der Waals surface area contributed by atoms with Crippen LogP contribution in [0.15, 0.2) is 36.9 Å². The molecule has 3 rings (SSSR count). The van der Waals surface area contributed by atoms with Gasteiger partial charge in [-0.1, -0.05) is 0 Å². The maximum atomic E-state index is 11.1. The summed E-state index contributed by atoms with van der Waals surface area (Å²) in [6.07, 6.45) is 4.77. The Balaban J connectivity index is 1.98. The van der Waals surface area contributed by atoms with E-state index in [0.29, 0.717) is 17.3 Å². The van der Waals surface area contributed by atoms with Gasteiger partial charge in [-0.25, -0.2) is 0 Å². The molecule has 0 unspecified atom stereocenters. The molecular formula is C13H12N6O2. The fourth-order valence-electron chi connectivity index (χ4n) is 2.13. The van der Waals surface area contributed by atoms with Gasteiger partial charge in [-0.3, -0.25) is 15.1 Å². The molecule has 8 heteroatoms. The van der Waals surface area contributed by atoms with E-state index in [1.165, 1.54) is 6.07 Å². The van der Waals surface area contributed by atoms with Crippen LogP contribution in [-0.2, 0) is 13.6 Å². The fourth-order valence-corrected chi connectivity index (χ4v) is 2.13. The number of nitro benzene ring substituents is 1. The number of hydrogen-bond donors (Lipinski definition) is 1. The third-order valence-corrected chi connectivity index (χ3v) is 3.23. The largest absolute Gasteiger partial charge is 0.377 e. The van der Waals surface area contributed by atoms with E-state index < -0.39 is 4.92 Å². The number of non-ortho nitro benzene ring substituents is 1. The van der Waals surface area contributed by atoms with Crippen LogP contribution in [0.2, 0.25) is 0 Å². The molecule has 2 aromatic heterocycles. The van der Waals surface area contributed by atoms with Gasteiger partial charge in [0.15, 0.2) is 5.82 Å². The second-order valence-corrected chi connectivity index (χ2v) is 4.52. The Morgan fingerprint density at radius 1 is 1.33 bits per heavy atom. The summed E-state index contributed by atoms with van der Waals surface area (Å²) in [7, 11) is 1.85. The molecule has 0 spiro atoms. The molecule has 0 fully saturated rings. The summed E-state index contributed by atoms with van der Waals surface area (Å²) < 4.78 is 1.80.